The molecule has 0 heterocycles. The van der Waals surface area contributed by atoms with E-state index in [4.69, 9.17) is 11.0 Å². The number of benzene rings is 1. The molecule has 0 aliphatic heterocycles. The van der Waals surface area contributed by atoms with Gasteiger partial charge in [0.1, 0.15) is 11.9 Å². The zero-order valence-corrected chi connectivity index (χ0v) is 9.16. The number of primary amides is 1. The molecule has 6 heteroatoms. The monoisotopic (exact) mass is 236 g/mol. The average molecular weight is 236 g/mol. The number of hydrogen-bond donors (Lipinski definition) is 3. The summed E-state index contributed by atoms with van der Waals surface area (Å²) in [5.41, 5.74) is 5.72. The average Bonchev–Trinajstić information content (AvgIpc) is 2.30. The van der Waals surface area contributed by atoms with Gasteiger partial charge in [-0.3, -0.25) is 0 Å². The summed E-state index contributed by atoms with van der Waals surface area (Å²) in [6.45, 7) is 1.46. The van der Waals surface area contributed by atoms with E-state index >= 15 is 0 Å². The number of nitrogens with one attached hydrogen (secondary N) is 2. The van der Waals surface area contributed by atoms with Crippen LogP contribution >= 0.6 is 0 Å². The highest BCUT2D eigenvalue weighted by molar-refractivity contribution is 5.71. The zero-order chi connectivity index (χ0) is 12.7. The van der Waals surface area contributed by atoms with Gasteiger partial charge < -0.3 is 16.4 Å². The minimum absolute atomic E-state index is 0.0274. The molecule has 1 rings (SSSR count). The van der Waals surface area contributed by atoms with Gasteiger partial charge >= 0.3 is 6.03 Å². The molecule has 1 aromatic rings. The van der Waals surface area contributed by atoms with Crippen LogP contribution in [0.4, 0.5) is 9.18 Å². The lowest BCUT2D eigenvalue weighted by Crippen LogP contribution is -2.35. The van der Waals surface area contributed by atoms with Gasteiger partial charge in [-0.15, -0.1) is 0 Å². The van der Waals surface area contributed by atoms with Gasteiger partial charge in [0, 0.05) is 19.6 Å². The third-order valence-electron chi connectivity index (χ3n) is 2.08. The van der Waals surface area contributed by atoms with Crippen LogP contribution in [0.2, 0.25) is 0 Å². The Kier molecular flexibility index (Phi) is 4.91. The lowest BCUT2D eigenvalue weighted by molar-refractivity contribution is 0.249. The van der Waals surface area contributed by atoms with E-state index in [1.807, 2.05) is 0 Å². The fraction of sp³-hybridized carbons (Fsp3) is 0.273. The van der Waals surface area contributed by atoms with Gasteiger partial charge in [0.05, 0.1) is 5.56 Å². The molecule has 0 saturated carbocycles. The van der Waals surface area contributed by atoms with E-state index in [2.05, 4.69) is 10.6 Å². The van der Waals surface area contributed by atoms with Crippen LogP contribution in [0.3, 0.4) is 0 Å². The molecule has 0 atom stereocenters. The van der Waals surface area contributed by atoms with Crippen molar-refractivity contribution in [3.05, 3.63) is 35.1 Å². The van der Waals surface area contributed by atoms with Crippen molar-refractivity contribution in [2.75, 3.05) is 13.1 Å². The van der Waals surface area contributed by atoms with Crippen LogP contribution in [0.15, 0.2) is 18.2 Å². The van der Waals surface area contributed by atoms with Gasteiger partial charge in [-0.25, -0.2) is 9.18 Å². The van der Waals surface area contributed by atoms with E-state index in [0.717, 1.165) is 5.56 Å². The van der Waals surface area contributed by atoms with Crippen LogP contribution in [-0.4, -0.2) is 19.1 Å². The van der Waals surface area contributed by atoms with Crippen molar-refractivity contribution < 1.29 is 9.18 Å². The molecule has 0 aliphatic carbocycles. The largest absolute Gasteiger partial charge is 0.352 e. The van der Waals surface area contributed by atoms with Crippen molar-refractivity contribution in [1.29, 1.82) is 5.26 Å². The molecule has 90 valence electrons. The van der Waals surface area contributed by atoms with Crippen molar-refractivity contribution in [3.8, 4) is 6.07 Å². The number of urea groups is 1. The molecule has 2 amide bonds. The second kappa shape index (κ2) is 6.45. The molecule has 0 saturated heterocycles. The SMILES string of the molecule is N#Cc1cc(CNCCNC(N)=O)ccc1F. The first-order chi connectivity index (χ1) is 8.13. The van der Waals surface area contributed by atoms with Gasteiger partial charge in [0.15, 0.2) is 0 Å². The van der Waals surface area contributed by atoms with Crippen LogP contribution < -0.4 is 16.4 Å². The Labute approximate surface area is 98.4 Å². The molecule has 0 radical (unpaired) electrons. The van der Waals surface area contributed by atoms with E-state index in [-0.39, 0.29) is 5.56 Å². The van der Waals surface area contributed by atoms with E-state index in [9.17, 15) is 9.18 Å². The quantitative estimate of drug-likeness (QED) is 0.648. The Morgan fingerprint density at radius 1 is 1.47 bits per heavy atom. The van der Waals surface area contributed by atoms with Crippen molar-refractivity contribution in [1.82, 2.24) is 10.6 Å². The highest BCUT2D eigenvalue weighted by atomic mass is 19.1. The van der Waals surface area contributed by atoms with Crippen molar-refractivity contribution in [2.45, 2.75) is 6.54 Å². The summed E-state index contributed by atoms with van der Waals surface area (Å²) in [6.07, 6.45) is 0. The second-order valence-corrected chi connectivity index (χ2v) is 3.39. The molecule has 0 bridgehead atoms. The van der Waals surface area contributed by atoms with Crippen LogP contribution in [-0.2, 0) is 6.54 Å². The fourth-order valence-corrected chi connectivity index (χ4v) is 1.27. The third kappa shape index (κ3) is 4.49. The number of nitriles is 1. The number of nitrogens with two attached hydrogens (primary N) is 1. The number of rotatable bonds is 5. The topological polar surface area (TPSA) is 90.9 Å². The lowest BCUT2D eigenvalue weighted by Gasteiger charge is -2.05. The molecule has 0 aromatic heterocycles. The van der Waals surface area contributed by atoms with E-state index in [1.54, 1.807) is 12.1 Å². The molecule has 0 unspecified atom stereocenters. The minimum atomic E-state index is -0.569. The van der Waals surface area contributed by atoms with Gasteiger partial charge in [0.25, 0.3) is 0 Å². The third-order valence-corrected chi connectivity index (χ3v) is 2.08. The van der Waals surface area contributed by atoms with Crippen LogP contribution in [0.1, 0.15) is 11.1 Å². The Hall–Kier alpha value is -2.13. The zero-order valence-electron chi connectivity index (χ0n) is 9.16. The van der Waals surface area contributed by atoms with Crippen LogP contribution in [0.5, 0.6) is 0 Å². The maximum absolute atomic E-state index is 13.0. The van der Waals surface area contributed by atoms with Gasteiger partial charge in [-0.05, 0) is 17.7 Å². The standard InChI is InChI=1S/C11H13FN4O/c12-10-2-1-8(5-9(10)6-13)7-15-3-4-16-11(14)17/h1-2,5,15H,3-4,7H2,(H3,14,16,17). The summed E-state index contributed by atoms with van der Waals surface area (Å²) < 4.78 is 13.0. The van der Waals surface area contributed by atoms with E-state index in [1.165, 1.54) is 12.1 Å². The maximum atomic E-state index is 13.0. The molecule has 17 heavy (non-hydrogen) atoms. The predicted octanol–water partition coefficient (Wildman–Crippen LogP) is 0.455. The normalized spacial score (nSPS) is 9.65. The first-order valence-electron chi connectivity index (χ1n) is 5.06. The Morgan fingerprint density at radius 3 is 2.88 bits per heavy atom. The summed E-state index contributed by atoms with van der Waals surface area (Å²) in [5.74, 6) is -0.522. The second-order valence-electron chi connectivity index (χ2n) is 3.39. The number of carbonyl (C=O) groups is 1. The summed E-state index contributed by atoms with van der Waals surface area (Å²) in [5, 5.41) is 14.1. The summed E-state index contributed by atoms with van der Waals surface area (Å²) in [6, 6.07) is 5.56. The maximum Gasteiger partial charge on any atom is 0.312 e. The molecule has 4 N–H and O–H groups in total. The lowest BCUT2D eigenvalue weighted by atomic mass is 10.1. The molecule has 5 nitrogen and oxygen atoms in total. The summed E-state index contributed by atoms with van der Waals surface area (Å²) in [7, 11) is 0. The predicted molar refractivity (Wildman–Crippen MR) is 60.4 cm³/mol. The van der Waals surface area contributed by atoms with E-state index in [0.29, 0.717) is 19.6 Å². The number of amides is 2. The molecule has 0 aliphatic rings. The Balaban J connectivity index is 2.37. The molecule has 0 fully saturated rings. The first-order valence-corrected chi connectivity index (χ1v) is 5.06. The molecule has 0 spiro atoms. The highest BCUT2D eigenvalue weighted by Gasteiger charge is 2.02. The molecular weight excluding hydrogens is 223 g/mol. The Bertz CT molecular complexity index is 442. The van der Waals surface area contributed by atoms with E-state index < -0.39 is 11.8 Å². The minimum Gasteiger partial charge on any atom is -0.352 e. The summed E-state index contributed by atoms with van der Waals surface area (Å²) in [4.78, 5) is 10.4. The van der Waals surface area contributed by atoms with Crippen molar-refractivity contribution in [3.63, 3.8) is 0 Å². The first kappa shape index (κ1) is 12.9. The van der Waals surface area contributed by atoms with Crippen molar-refractivity contribution in [2.24, 2.45) is 5.73 Å². The number of hydrogen-bond acceptors (Lipinski definition) is 3. The molecular formula is C11H13FN4O. The number of nitrogens with zero attached hydrogens (tertiary/aromatic N) is 1. The van der Waals surface area contributed by atoms with Crippen molar-refractivity contribution >= 4 is 6.03 Å². The van der Waals surface area contributed by atoms with Gasteiger partial charge in [-0.1, -0.05) is 6.07 Å². The number of carbonyl (C=O) groups excluding carboxylic acids is 1. The molecule has 1 aromatic carbocycles. The van der Waals surface area contributed by atoms with Crippen LogP contribution in [0, 0.1) is 17.1 Å². The highest BCUT2D eigenvalue weighted by Crippen LogP contribution is 2.08. The summed E-state index contributed by atoms with van der Waals surface area (Å²) >= 11 is 0. The Morgan fingerprint density at radius 2 is 2.24 bits per heavy atom. The smallest absolute Gasteiger partial charge is 0.312 e. The number of halogens is 1. The fourth-order valence-electron chi connectivity index (χ4n) is 1.27. The van der Waals surface area contributed by atoms with Gasteiger partial charge in [-0.2, -0.15) is 5.26 Å². The van der Waals surface area contributed by atoms with Gasteiger partial charge in [0.2, 0.25) is 0 Å². The van der Waals surface area contributed by atoms with Crippen LogP contribution in [0.25, 0.3) is 0 Å².